The highest BCUT2D eigenvalue weighted by Crippen LogP contribution is 2.49. The lowest BCUT2D eigenvalue weighted by Crippen LogP contribution is -2.53. The molecular formula is C27H29FN4O4. The number of ether oxygens (including phenoxy) is 1. The van der Waals surface area contributed by atoms with Crippen molar-refractivity contribution in [3.8, 4) is 11.5 Å². The van der Waals surface area contributed by atoms with Crippen LogP contribution in [0.4, 0.5) is 9.18 Å². The van der Waals surface area contributed by atoms with Gasteiger partial charge in [0.25, 0.3) is 5.91 Å². The Morgan fingerprint density at radius 2 is 2.00 bits per heavy atom. The number of rotatable bonds is 6. The number of urea groups is 1. The number of carbonyl (C=O) groups excluding carboxylic acids is 2. The zero-order chi connectivity index (χ0) is 25.2. The lowest BCUT2D eigenvalue weighted by molar-refractivity contribution is -0.133. The zero-order valence-corrected chi connectivity index (χ0v) is 20.4. The van der Waals surface area contributed by atoms with Crippen LogP contribution in [0.3, 0.4) is 0 Å². The zero-order valence-electron chi connectivity index (χ0n) is 20.4. The standard InChI is InChI=1S/C27H29FN4O4/c1-27-15-19-18-13-22(36-2)20(28)14-21(18)29-23(19)24(16-6-3-7-17(33)12-16)32(27)26(35)31(25(27)34)11-5-10-30-8-4-9-30/h3,6-7,12-14,24,29,33H,4-5,8-11,15H2,1-2H3. The first kappa shape index (κ1) is 22.8. The number of aromatic nitrogens is 1. The second-order valence-electron chi connectivity index (χ2n) is 10.2. The van der Waals surface area contributed by atoms with Crippen molar-refractivity contribution in [3.05, 3.63) is 59.0 Å². The van der Waals surface area contributed by atoms with Gasteiger partial charge < -0.3 is 19.7 Å². The predicted molar refractivity (Wildman–Crippen MR) is 131 cm³/mol. The molecule has 8 nitrogen and oxygen atoms in total. The fraction of sp³-hybridized carbons (Fsp3) is 0.407. The van der Waals surface area contributed by atoms with Crippen LogP contribution in [0.1, 0.15) is 42.6 Å². The number of nitrogens with zero attached hydrogens (tertiary/aromatic N) is 3. The van der Waals surface area contributed by atoms with Gasteiger partial charge in [-0.15, -0.1) is 0 Å². The number of methoxy groups -OCH3 is 1. The summed E-state index contributed by atoms with van der Waals surface area (Å²) in [6.07, 6.45) is 2.21. The van der Waals surface area contributed by atoms with Crippen LogP contribution in [0.2, 0.25) is 0 Å². The van der Waals surface area contributed by atoms with Crippen LogP contribution < -0.4 is 4.74 Å². The van der Waals surface area contributed by atoms with E-state index in [-0.39, 0.29) is 23.4 Å². The summed E-state index contributed by atoms with van der Waals surface area (Å²) in [6, 6.07) is 8.76. The molecule has 188 valence electrons. The van der Waals surface area contributed by atoms with Crippen molar-refractivity contribution in [1.82, 2.24) is 19.7 Å². The van der Waals surface area contributed by atoms with Gasteiger partial charge in [-0.2, -0.15) is 0 Å². The molecule has 2 aromatic carbocycles. The van der Waals surface area contributed by atoms with Crippen molar-refractivity contribution < 1.29 is 23.8 Å². The number of H-pyrrole nitrogens is 1. The SMILES string of the molecule is COc1cc2c3c([nH]c2cc1F)C(c1cccc(O)c1)N1C(=O)N(CCCN2CCC2)C(=O)C1(C)C3. The third-order valence-corrected chi connectivity index (χ3v) is 7.93. The maximum absolute atomic E-state index is 14.5. The topological polar surface area (TPSA) is 89.1 Å². The molecule has 1 aromatic heterocycles. The van der Waals surface area contributed by atoms with Crippen LogP contribution in [0.15, 0.2) is 36.4 Å². The molecule has 2 saturated heterocycles. The van der Waals surface area contributed by atoms with Gasteiger partial charge in [-0.1, -0.05) is 12.1 Å². The van der Waals surface area contributed by atoms with E-state index in [1.54, 1.807) is 36.1 Å². The van der Waals surface area contributed by atoms with Gasteiger partial charge in [0.1, 0.15) is 17.3 Å². The van der Waals surface area contributed by atoms with Crippen LogP contribution in [-0.4, -0.2) is 75.6 Å². The molecule has 2 N–H and O–H groups in total. The van der Waals surface area contributed by atoms with Crippen LogP contribution >= 0.6 is 0 Å². The summed E-state index contributed by atoms with van der Waals surface area (Å²) in [5.74, 6) is -0.540. The second-order valence-corrected chi connectivity index (χ2v) is 10.2. The Morgan fingerprint density at radius 1 is 1.19 bits per heavy atom. The van der Waals surface area contributed by atoms with E-state index >= 15 is 0 Å². The lowest BCUT2D eigenvalue weighted by Gasteiger charge is -2.42. The number of benzene rings is 2. The summed E-state index contributed by atoms with van der Waals surface area (Å²) in [7, 11) is 1.42. The molecule has 3 aromatic rings. The van der Waals surface area contributed by atoms with Crippen LogP contribution in [0.5, 0.6) is 11.5 Å². The number of fused-ring (bicyclic) bond motifs is 4. The molecule has 2 fully saturated rings. The lowest BCUT2D eigenvalue weighted by atomic mass is 9.81. The van der Waals surface area contributed by atoms with E-state index < -0.39 is 17.4 Å². The summed E-state index contributed by atoms with van der Waals surface area (Å²) in [5.41, 5.74) is 1.68. The molecule has 6 rings (SSSR count). The summed E-state index contributed by atoms with van der Waals surface area (Å²) in [5, 5.41) is 11.0. The van der Waals surface area contributed by atoms with Crippen LogP contribution in [0, 0.1) is 5.82 Å². The fourth-order valence-electron chi connectivity index (χ4n) is 5.97. The van der Waals surface area contributed by atoms with E-state index in [9.17, 15) is 19.1 Å². The average molecular weight is 493 g/mol. The highest BCUT2D eigenvalue weighted by atomic mass is 19.1. The third-order valence-electron chi connectivity index (χ3n) is 7.93. The molecular weight excluding hydrogens is 463 g/mol. The number of phenols is 1. The van der Waals surface area contributed by atoms with E-state index in [0.29, 0.717) is 29.7 Å². The van der Waals surface area contributed by atoms with Gasteiger partial charge in [0.2, 0.25) is 0 Å². The fourth-order valence-corrected chi connectivity index (χ4v) is 5.97. The van der Waals surface area contributed by atoms with Crippen molar-refractivity contribution in [3.63, 3.8) is 0 Å². The first-order valence-corrected chi connectivity index (χ1v) is 12.4. The third kappa shape index (κ3) is 3.29. The quantitative estimate of drug-likeness (QED) is 0.511. The number of aromatic hydroxyl groups is 1. The van der Waals surface area contributed by atoms with Crippen molar-refractivity contribution in [1.29, 1.82) is 0 Å². The van der Waals surface area contributed by atoms with Gasteiger partial charge in [0, 0.05) is 35.6 Å². The molecule has 36 heavy (non-hydrogen) atoms. The van der Waals surface area contributed by atoms with E-state index in [0.717, 1.165) is 37.0 Å². The highest BCUT2D eigenvalue weighted by Gasteiger charge is 2.60. The number of hydrogen-bond acceptors (Lipinski definition) is 5. The normalized spacial score (nSPS) is 23.7. The van der Waals surface area contributed by atoms with Crippen molar-refractivity contribution in [2.45, 2.75) is 37.8 Å². The minimum atomic E-state index is -1.12. The Kier molecular flexibility index (Phi) is 5.22. The van der Waals surface area contributed by atoms with Crippen LogP contribution in [-0.2, 0) is 11.2 Å². The molecule has 3 aliphatic rings. The molecule has 3 aliphatic heterocycles. The Labute approximate surface area is 208 Å². The minimum Gasteiger partial charge on any atom is -0.508 e. The number of carbonyl (C=O) groups is 2. The van der Waals surface area contributed by atoms with Crippen molar-refractivity contribution in [2.75, 3.05) is 33.3 Å². The van der Waals surface area contributed by atoms with Gasteiger partial charge in [0.15, 0.2) is 11.6 Å². The van der Waals surface area contributed by atoms with Gasteiger partial charge in [0.05, 0.1) is 7.11 Å². The van der Waals surface area contributed by atoms with Crippen molar-refractivity contribution >= 4 is 22.8 Å². The maximum Gasteiger partial charge on any atom is 0.328 e. The summed E-state index contributed by atoms with van der Waals surface area (Å²) < 4.78 is 19.8. The highest BCUT2D eigenvalue weighted by molar-refractivity contribution is 6.08. The van der Waals surface area contributed by atoms with Gasteiger partial charge in [-0.25, -0.2) is 9.18 Å². The monoisotopic (exact) mass is 492 g/mol. The molecule has 0 aliphatic carbocycles. The number of likely N-dealkylation sites (tertiary alicyclic amines) is 1. The molecule has 9 heteroatoms. The molecule has 0 saturated carbocycles. The van der Waals surface area contributed by atoms with Crippen molar-refractivity contribution in [2.24, 2.45) is 0 Å². The van der Waals surface area contributed by atoms with Gasteiger partial charge >= 0.3 is 6.03 Å². The number of phenolic OH excluding ortho intramolecular Hbond substituents is 1. The molecule has 0 bridgehead atoms. The molecule has 2 atom stereocenters. The molecule has 2 unspecified atom stereocenters. The Balaban J connectivity index is 1.46. The van der Waals surface area contributed by atoms with Gasteiger partial charge in [-0.05, 0) is 68.7 Å². The summed E-state index contributed by atoms with van der Waals surface area (Å²) in [4.78, 5) is 36.3. The van der Waals surface area contributed by atoms with E-state index in [2.05, 4.69) is 9.88 Å². The van der Waals surface area contributed by atoms with E-state index in [1.807, 2.05) is 6.07 Å². The largest absolute Gasteiger partial charge is 0.508 e. The molecule has 0 spiro atoms. The predicted octanol–water partition coefficient (Wildman–Crippen LogP) is 3.79. The van der Waals surface area contributed by atoms with Gasteiger partial charge in [-0.3, -0.25) is 14.6 Å². The first-order valence-electron chi connectivity index (χ1n) is 12.4. The first-order chi connectivity index (χ1) is 17.3. The Bertz CT molecular complexity index is 1380. The Morgan fingerprint density at radius 3 is 2.69 bits per heavy atom. The number of halogens is 1. The number of nitrogens with one attached hydrogen (secondary N) is 1. The molecule has 3 amide bonds. The smallest absolute Gasteiger partial charge is 0.328 e. The minimum absolute atomic E-state index is 0.0644. The Hall–Kier alpha value is -3.59. The number of amides is 3. The average Bonchev–Trinajstić information content (AvgIpc) is 3.25. The second kappa shape index (κ2) is 8.23. The number of imide groups is 1. The van der Waals surface area contributed by atoms with E-state index in [4.69, 9.17) is 4.74 Å². The van der Waals surface area contributed by atoms with E-state index in [1.165, 1.54) is 24.5 Å². The van der Waals surface area contributed by atoms with Crippen LogP contribution in [0.25, 0.3) is 10.9 Å². The number of aromatic amines is 1. The summed E-state index contributed by atoms with van der Waals surface area (Å²) in [6.45, 7) is 5.16. The molecule has 4 heterocycles. The maximum atomic E-state index is 14.5. The summed E-state index contributed by atoms with van der Waals surface area (Å²) >= 11 is 0. The molecule has 0 radical (unpaired) electrons. The number of hydrogen-bond donors (Lipinski definition) is 2.